The number of carbonyl (C=O) groups excluding carboxylic acids is 4. The largest absolute Gasteiger partial charge is 0.386 e. The first-order valence-corrected chi connectivity index (χ1v) is 17.3. The molecule has 9 atom stereocenters. The van der Waals surface area contributed by atoms with E-state index in [1.807, 2.05) is 58.0 Å². The molecule has 0 aromatic heterocycles. The van der Waals surface area contributed by atoms with Crippen molar-refractivity contribution in [3.63, 3.8) is 0 Å². The molecule has 1 heterocycles. The van der Waals surface area contributed by atoms with Crippen molar-refractivity contribution in [2.45, 2.75) is 110 Å². The number of amides is 4. The molecule has 272 valence electrons. The normalized spacial score (nSPS) is 19.8. The van der Waals surface area contributed by atoms with E-state index >= 15 is 0 Å². The zero-order valence-electron chi connectivity index (χ0n) is 30.7. The zero-order chi connectivity index (χ0) is 36.1. The monoisotopic (exact) mass is 675 g/mol. The van der Waals surface area contributed by atoms with Crippen LogP contribution in [0.4, 0.5) is 0 Å². The molecule has 12 nitrogen and oxygen atoms in total. The first-order chi connectivity index (χ1) is 22.7. The van der Waals surface area contributed by atoms with E-state index in [2.05, 4.69) is 16.0 Å². The van der Waals surface area contributed by atoms with Crippen LogP contribution in [0, 0.1) is 17.8 Å². The predicted octanol–water partition coefficient (Wildman–Crippen LogP) is 2.51. The SMILES string of the molecule is CC[C@H](C)[C@@H]([C@@H](CC(=O)N1CCC[C@H]1[C@H](OC)[C@@H](C)C(=O)N[C@H](C)[C@@H](O)c1ccccc1)OC)N(C)C(=O)CNC(=O)C(NC)C(C)C. The minimum Gasteiger partial charge on any atom is -0.386 e. The number of likely N-dealkylation sites (N-methyl/N-ethyl adjacent to an activating group) is 2. The first-order valence-electron chi connectivity index (χ1n) is 17.3. The highest BCUT2D eigenvalue weighted by atomic mass is 16.5. The molecular formula is C36H61N5O7. The molecule has 1 aromatic rings. The maximum Gasteiger partial charge on any atom is 0.242 e. The number of nitrogens with one attached hydrogen (secondary N) is 3. The Bertz CT molecular complexity index is 1170. The Labute approximate surface area is 287 Å². The summed E-state index contributed by atoms with van der Waals surface area (Å²) in [5.41, 5.74) is 0.711. The van der Waals surface area contributed by atoms with Gasteiger partial charge in [0.05, 0.1) is 61.4 Å². The first kappa shape index (κ1) is 41.1. The Balaban J connectivity index is 2.14. The van der Waals surface area contributed by atoms with Gasteiger partial charge in [0.25, 0.3) is 0 Å². The molecule has 0 spiro atoms. The Morgan fingerprint density at radius 3 is 2.21 bits per heavy atom. The van der Waals surface area contributed by atoms with Gasteiger partial charge >= 0.3 is 0 Å². The number of likely N-dealkylation sites (tertiary alicyclic amines) is 1. The van der Waals surface area contributed by atoms with Gasteiger partial charge in [-0.05, 0) is 44.2 Å². The Hall–Kier alpha value is -3.06. The average molecular weight is 676 g/mol. The molecule has 1 aliphatic heterocycles. The minimum absolute atomic E-state index is 0.00571. The third-order valence-corrected chi connectivity index (χ3v) is 9.96. The van der Waals surface area contributed by atoms with Crippen LogP contribution in [0.2, 0.25) is 0 Å². The van der Waals surface area contributed by atoms with Crippen LogP contribution in [0.3, 0.4) is 0 Å². The number of rotatable bonds is 19. The lowest BCUT2D eigenvalue weighted by molar-refractivity contribution is -0.146. The van der Waals surface area contributed by atoms with Crippen LogP contribution in [0.15, 0.2) is 30.3 Å². The van der Waals surface area contributed by atoms with Crippen LogP contribution in [0.25, 0.3) is 0 Å². The summed E-state index contributed by atoms with van der Waals surface area (Å²) in [5.74, 6) is -1.45. The van der Waals surface area contributed by atoms with Crippen molar-refractivity contribution in [1.29, 1.82) is 0 Å². The summed E-state index contributed by atoms with van der Waals surface area (Å²) >= 11 is 0. The molecule has 1 aromatic carbocycles. The van der Waals surface area contributed by atoms with Crippen LogP contribution >= 0.6 is 0 Å². The second kappa shape index (κ2) is 19.8. The highest BCUT2D eigenvalue weighted by Crippen LogP contribution is 2.29. The smallest absolute Gasteiger partial charge is 0.242 e. The Morgan fingerprint density at radius 2 is 1.67 bits per heavy atom. The number of nitrogens with zero attached hydrogens (tertiary/aromatic N) is 2. The molecular weight excluding hydrogens is 614 g/mol. The van der Waals surface area contributed by atoms with Crippen LogP contribution in [0.1, 0.15) is 78.9 Å². The number of aliphatic hydroxyl groups is 1. The lowest BCUT2D eigenvalue weighted by Gasteiger charge is -2.39. The van der Waals surface area contributed by atoms with Crippen molar-refractivity contribution in [2.75, 3.05) is 41.4 Å². The standard InChI is InChI=1S/C36H61N5O7/c1-11-23(4)32(40(8)30(43)21-38-36(46)31(37-7)22(2)3)28(47-9)20-29(42)41-19-15-18-27(41)34(48-10)24(5)35(45)39-25(6)33(44)26-16-13-12-14-17-26/h12-14,16-17,22-25,27-28,31-34,37,44H,11,15,18-21H2,1-10H3,(H,38,46)(H,39,45)/t23-,24+,25+,27-,28+,31?,32-,33+,34+/m0/s1. The molecule has 0 radical (unpaired) electrons. The highest BCUT2D eigenvalue weighted by molar-refractivity contribution is 5.87. The van der Waals surface area contributed by atoms with Crippen LogP contribution in [-0.4, -0.2) is 116 Å². The lowest BCUT2D eigenvalue weighted by atomic mass is 9.90. The Kier molecular flexibility index (Phi) is 17.0. The van der Waals surface area contributed by atoms with Crippen molar-refractivity contribution in [3.05, 3.63) is 35.9 Å². The fourth-order valence-electron chi connectivity index (χ4n) is 6.86. The fraction of sp³-hybridized carbons (Fsp3) is 0.722. The van der Waals surface area contributed by atoms with Crippen molar-refractivity contribution in [2.24, 2.45) is 17.8 Å². The molecule has 2 rings (SSSR count). The summed E-state index contributed by atoms with van der Waals surface area (Å²) in [6, 6.07) is 7.48. The summed E-state index contributed by atoms with van der Waals surface area (Å²) in [5, 5.41) is 19.4. The molecule has 4 N–H and O–H groups in total. The second-order valence-electron chi connectivity index (χ2n) is 13.5. The fourth-order valence-corrected chi connectivity index (χ4v) is 6.86. The maximum absolute atomic E-state index is 13.9. The third-order valence-electron chi connectivity index (χ3n) is 9.96. The van der Waals surface area contributed by atoms with Crippen LogP contribution in [0.5, 0.6) is 0 Å². The number of ether oxygens (including phenoxy) is 2. The molecule has 1 aliphatic rings. The number of hydrogen-bond acceptors (Lipinski definition) is 8. The third kappa shape index (κ3) is 10.7. The molecule has 0 bridgehead atoms. The highest BCUT2D eigenvalue weighted by Gasteiger charge is 2.42. The summed E-state index contributed by atoms with van der Waals surface area (Å²) in [6.45, 7) is 11.8. The second-order valence-corrected chi connectivity index (χ2v) is 13.5. The molecule has 48 heavy (non-hydrogen) atoms. The zero-order valence-corrected chi connectivity index (χ0v) is 30.7. The van der Waals surface area contributed by atoms with E-state index in [4.69, 9.17) is 9.47 Å². The molecule has 1 unspecified atom stereocenters. The number of carbonyl (C=O) groups is 4. The van der Waals surface area contributed by atoms with Crippen molar-refractivity contribution < 1.29 is 33.8 Å². The van der Waals surface area contributed by atoms with E-state index in [1.54, 1.807) is 52.0 Å². The average Bonchev–Trinajstić information content (AvgIpc) is 3.56. The summed E-state index contributed by atoms with van der Waals surface area (Å²) in [7, 11) is 6.50. The van der Waals surface area contributed by atoms with Gasteiger partial charge in [-0.3, -0.25) is 19.2 Å². The quantitative estimate of drug-likeness (QED) is 0.175. The molecule has 4 amide bonds. The van der Waals surface area contributed by atoms with E-state index < -0.39 is 42.4 Å². The number of aliphatic hydroxyl groups excluding tert-OH is 1. The molecule has 0 saturated carbocycles. The van der Waals surface area contributed by atoms with Gasteiger partial charge in [-0.1, -0.05) is 71.4 Å². The number of methoxy groups -OCH3 is 2. The van der Waals surface area contributed by atoms with E-state index in [-0.39, 0.29) is 54.5 Å². The lowest BCUT2D eigenvalue weighted by Crippen LogP contribution is -2.55. The summed E-state index contributed by atoms with van der Waals surface area (Å²) in [4.78, 5) is 56.7. The molecule has 1 saturated heterocycles. The van der Waals surface area contributed by atoms with Gasteiger partial charge in [0.2, 0.25) is 23.6 Å². The molecule has 12 heteroatoms. The number of hydrogen-bond donors (Lipinski definition) is 4. The van der Waals surface area contributed by atoms with Gasteiger partial charge in [-0.2, -0.15) is 0 Å². The van der Waals surface area contributed by atoms with Gasteiger partial charge < -0.3 is 40.3 Å². The Morgan fingerprint density at radius 1 is 1.02 bits per heavy atom. The topological polar surface area (TPSA) is 150 Å². The van der Waals surface area contributed by atoms with Gasteiger partial charge in [-0.25, -0.2) is 0 Å². The van der Waals surface area contributed by atoms with E-state index in [0.29, 0.717) is 18.5 Å². The van der Waals surface area contributed by atoms with E-state index in [0.717, 1.165) is 12.8 Å². The van der Waals surface area contributed by atoms with Crippen molar-refractivity contribution in [3.8, 4) is 0 Å². The van der Waals surface area contributed by atoms with Gasteiger partial charge in [0.15, 0.2) is 0 Å². The van der Waals surface area contributed by atoms with Crippen LogP contribution < -0.4 is 16.0 Å². The summed E-state index contributed by atoms with van der Waals surface area (Å²) < 4.78 is 11.8. The van der Waals surface area contributed by atoms with Crippen LogP contribution in [-0.2, 0) is 28.7 Å². The maximum atomic E-state index is 13.9. The van der Waals surface area contributed by atoms with Gasteiger partial charge in [0.1, 0.15) is 0 Å². The molecule has 1 fully saturated rings. The van der Waals surface area contributed by atoms with Gasteiger partial charge in [0, 0.05) is 27.8 Å². The van der Waals surface area contributed by atoms with E-state index in [1.165, 1.54) is 0 Å². The van der Waals surface area contributed by atoms with Crippen molar-refractivity contribution >= 4 is 23.6 Å². The summed E-state index contributed by atoms with van der Waals surface area (Å²) in [6.07, 6.45) is 0.202. The van der Waals surface area contributed by atoms with Crippen molar-refractivity contribution in [1.82, 2.24) is 25.8 Å². The molecule has 0 aliphatic carbocycles. The number of benzene rings is 1. The van der Waals surface area contributed by atoms with E-state index in [9.17, 15) is 24.3 Å². The predicted molar refractivity (Wildman–Crippen MR) is 186 cm³/mol. The van der Waals surface area contributed by atoms with Gasteiger partial charge in [-0.15, -0.1) is 0 Å². The minimum atomic E-state index is -0.871.